The fraction of sp³-hybridized carbons (Fsp3) is 0.786. The molecule has 2 rings (SSSR count). The number of likely N-dealkylation sites (tertiary alicyclic amines) is 1. The van der Waals surface area contributed by atoms with Gasteiger partial charge in [-0.25, -0.2) is 14.5 Å². The van der Waals surface area contributed by atoms with E-state index in [4.69, 9.17) is 5.11 Å². The largest absolute Gasteiger partial charge is 0.480 e. The molecular formula is C14H23N3O4. The summed E-state index contributed by atoms with van der Waals surface area (Å²) in [5.41, 5.74) is -0.908. The van der Waals surface area contributed by atoms with Crippen LogP contribution in [0.25, 0.3) is 0 Å². The first-order chi connectivity index (χ1) is 9.77. The van der Waals surface area contributed by atoms with Gasteiger partial charge in [-0.2, -0.15) is 0 Å². The summed E-state index contributed by atoms with van der Waals surface area (Å²) in [6.07, 6.45) is 1.07. The van der Waals surface area contributed by atoms with Crippen molar-refractivity contribution in [2.24, 2.45) is 5.92 Å². The molecule has 7 heteroatoms. The Labute approximate surface area is 124 Å². The van der Waals surface area contributed by atoms with Crippen LogP contribution in [0.5, 0.6) is 0 Å². The molecular weight excluding hydrogens is 274 g/mol. The van der Waals surface area contributed by atoms with E-state index < -0.39 is 29.5 Å². The topological polar surface area (TPSA) is 90.0 Å². The van der Waals surface area contributed by atoms with Gasteiger partial charge < -0.3 is 15.3 Å². The Morgan fingerprint density at radius 3 is 2.33 bits per heavy atom. The third kappa shape index (κ3) is 2.88. The van der Waals surface area contributed by atoms with Gasteiger partial charge >= 0.3 is 12.0 Å². The fourth-order valence-corrected chi connectivity index (χ4v) is 3.08. The lowest BCUT2D eigenvalue weighted by molar-refractivity contribution is -0.147. The fourth-order valence-electron chi connectivity index (χ4n) is 3.08. The summed E-state index contributed by atoms with van der Waals surface area (Å²) in [4.78, 5) is 38.7. The summed E-state index contributed by atoms with van der Waals surface area (Å²) >= 11 is 0. The number of aliphatic carboxylic acids is 1. The molecule has 118 valence electrons. The predicted octanol–water partition coefficient (Wildman–Crippen LogP) is 0.502. The number of imide groups is 1. The maximum atomic E-state index is 12.5. The van der Waals surface area contributed by atoms with Crippen LogP contribution in [0, 0.1) is 5.92 Å². The molecule has 0 aromatic rings. The standard InChI is InChI=1S/C14H23N3O4/c1-9(2)8-16-6-4-14(5-7-16)12(20)17(13(21)15-14)10(3)11(18)19/h9-10H,4-8H2,1-3H3,(H,15,21)(H,18,19). The Morgan fingerprint density at radius 2 is 1.86 bits per heavy atom. The molecule has 7 nitrogen and oxygen atoms in total. The first kappa shape index (κ1) is 15.8. The number of hydrogen-bond acceptors (Lipinski definition) is 4. The van der Waals surface area contributed by atoms with Crippen LogP contribution in [0.1, 0.15) is 33.6 Å². The summed E-state index contributed by atoms with van der Waals surface area (Å²) in [6, 6.07) is -1.72. The van der Waals surface area contributed by atoms with Gasteiger partial charge in [-0.1, -0.05) is 13.8 Å². The average Bonchev–Trinajstić information content (AvgIpc) is 2.63. The van der Waals surface area contributed by atoms with Crippen molar-refractivity contribution in [3.05, 3.63) is 0 Å². The van der Waals surface area contributed by atoms with Crippen molar-refractivity contribution in [3.8, 4) is 0 Å². The summed E-state index contributed by atoms with van der Waals surface area (Å²) in [5, 5.41) is 11.8. The van der Waals surface area contributed by atoms with Gasteiger partial charge in [-0.3, -0.25) is 4.79 Å². The van der Waals surface area contributed by atoms with Crippen LogP contribution in [0.15, 0.2) is 0 Å². The highest BCUT2D eigenvalue weighted by atomic mass is 16.4. The number of urea groups is 1. The summed E-state index contributed by atoms with van der Waals surface area (Å²) in [7, 11) is 0. The quantitative estimate of drug-likeness (QED) is 0.738. The monoisotopic (exact) mass is 297 g/mol. The minimum absolute atomic E-state index is 0.397. The zero-order valence-electron chi connectivity index (χ0n) is 12.8. The SMILES string of the molecule is CC(C)CN1CCC2(CC1)NC(=O)N(C(C)C(=O)O)C2=O. The smallest absolute Gasteiger partial charge is 0.326 e. The van der Waals surface area contributed by atoms with Crippen molar-refractivity contribution in [2.75, 3.05) is 19.6 Å². The van der Waals surface area contributed by atoms with Gasteiger partial charge in [0.15, 0.2) is 0 Å². The van der Waals surface area contributed by atoms with E-state index in [-0.39, 0.29) is 0 Å². The maximum absolute atomic E-state index is 12.5. The lowest BCUT2D eigenvalue weighted by Crippen LogP contribution is -2.55. The Balaban J connectivity index is 2.07. The van der Waals surface area contributed by atoms with E-state index in [2.05, 4.69) is 24.1 Å². The lowest BCUT2D eigenvalue weighted by atomic mass is 9.87. The van der Waals surface area contributed by atoms with Gasteiger partial charge in [0.2, 0.25) is 0 Å². The second-order valence-electron chi connectivity index (χ2n) is 6.40. The predicted molar refractivity (Wildman–Crippen MR) is 75.7 cm³/mol. The van der Waals surface area contributed by atoms with E-state index in [0.29, 0.717) is 18.8 Å². The summed E-state index contributed by atoms with van der Waals surface area (Å²) in [6.45, 7) is 8.07. The van der Waals surface area contributed by atoms with Crippen molar-refractivity contribution in [1.29, 1.82) is 0 Å². The Kier molecular flexibility index (Phi) is 4.22. The molecule has 0 bridgehead atoms. The molecule has 1 unspecified atom stereocenters. The van der Waals surface area contributed by atoms with E-state index in [0.717, 1.165) is 24.5 Å². The van der Waals surface area contributed by atoms with Crippen LogP contribution < -0.4 is 5.32 Å². The van der Waals surface area contributed by atoms with Crippen LogP contribution in [-0.2, 0) is 9.59 Å². The molecule has 1 spiro atoms. The normalized spacial score (nSPS) is 23.7. The van der Waals surface area contributed by atoms with Crippen LogP contribution in [0.4, 0.5) is 4.79 Å². The summed E-state index contributed by atoms with van der Waals surface area (Å²) in [5.74, 6) is -1.02. The van der Waals surface area contributed by atoms with Gasteiger partial charge in [0.05, 0.1) is 0 Å². The second-order valence-corrected chi connectivity index (χ2v) is 6.40. The molecule has 0 radical (unpaired) electrons. The zero-order valence-corrected chi connectivity index (χ0v) is 12.8. The highest BCUT2D eigenvalue weighted by molar-refractivity contribution is 6.09. The molecule has 0 saturated carbocycles. The number of carboxylic acid groups (broad SMARTS) is 1. The van der Waals surface area contributed by atoms with E-state index in [1.54, 1.807) is 0 Å². The summed E-state index contributed by atoms with van der Waals surface area (Å²) < 4.78 is 0. The van der Waals surface area contributed by atoms with E-state index in [1.807, 2.05) is 0 Å². The van der Waals surface area contributed by atoms with Gasteiger partial charge in [-0.15, -0.1) is 0 Å². The van der Waals surface area contributed by atoms with Crippen molar-refractivity contribution in [3.63, 3.8) is 0 Å². The van der Waals surface area contributed by atoms with Gasteiger partial charge in [0, 0.05) is 19.6 Å². The van der Waals surface area contributed by atoms with E-state index in [9.17, 15) is 14.4 Å². The number of carbonyl (C=O) groups is 3. The van der Waals surface area contributed by atoms with Crippen molar-refractivity contribution in [1.82, 2.24) is 15.1 Å². The molecule has 3 amide bonds. The molecule has 1 atom stereocenters. The number of piperidine rings is 1. The van der Waals surface area contributed by atoms with Gasteiger partial charge in [0.25, 0.3) is 5.91 Å². The Morgan fingerprint density at radius 1 is 1.29 bits per heavy atom. The number of rotatable bonds is 4. The molecule has 2 fully saturated rings. The second kappa shape index (κ2) is 5.63. The van der Waals surface area contributed by atoms with E-state index >= 15 is 0 Å². The number of hydrogen-bond donors (Lipinski definition) is 2. The Hall–Kier alpha value is -1.63. The molecule has 2 aliphatic heterocycles. The molecule has 2 heterocycles. The first-order valence-electron chi connectivity index (χ1n) is 7.38. The Bertz CT molecular complexity index is 455. The minimum Gasteiger partial charge on any atom is -0.480 e. The minimum atomic E-state index is -1.17. The van der Waals surface area contributed by atoms with E-state index in [1.165, 1.54) is 6.92 Å². The first-order valence-corrected chi connectivity index (χ1v) is 7.38. The number of carbonyl (C=O) groups excluding carboxylic acids is 2. The lowest BCUT2D eigenvalue weighted by Gasteiger charge is -2.38. The number of nitrogens with zero attached hydrogens (tertiary/aromatic N) is 2. The average molecular weight is 297 g/mol. The van der Waals surface area contributed by atoms with Crippen LogP contribution in [-0.4, -0.2) is 64.0 Å². The molecule has 2 aliphatic rings. The zero-order chi connectivity index (χ0) is 15.8. The van der Waals surface area contributed by atoms with Crippen molar-refractivity contribution >= 4 is 17.9 Å². The third-order valence-electron chi connectivity index (χ3n) is 4.27. The van der Waals surface area contributed by atoms with Gasteiger partial charge in [-0.05, 0) is 25.7 Å². The highest BCUT2D eigenvalue weighted by Crippen LogP contribution is 2.30. The van der Waals surface area contributed by atoms with Crippen molar-refractivity contribution in [2.45, 2.75) is 45.2 Å². The van der Waals surface area contributed by atoms with Gasteiger partial charge in [0.1, 0.15) is 11.6 Å². The van der Waals surface area contributed by atoms with Crippen LogP contribution in [0.3, 0.4) is 0 Å². The highest BCUT2D eigenvalue weighted by Gasteiger charge is 2.54. The van der Waals surface area contributed by atoms with Crippen molar-refractivity contribution < 1.29 is 19.5 Å². The molecule has 0 aromatic heterocycles. The van der Waals surface area contributed by atoms with Crippen LogP contribution in [0.2, 0.25) is 0 Å². The molecule has 2 saturated heterocycles. The molecule has 2 N–H and O–H groups in total. The number of amides is 3. The van der Waals surface area contributed by atoms with Crippen LogP contribution >= 0.6 is 0 Å². The molecule has 21 heavy (non-hydrogen) atoms. The third-order valence-corrected chi connectivity index (χ3v) is 4.27. The maximum Gasteiger partial charge on any atom is 0.326 e. The number of carboxylic acids is 1. The molecule has 0 aromatic carbocycles. The molecule has 0 aliphatic carbocycles. The number of nitrogens with one attached hydrogen (secondary N) is 1.